The maximum Gasteiger partial charge on any atom is 0.123 e. The minimum absolute atomic E-state index is 0.267. The summed E-state index contributed by atoms with van der Waals surface area (Å²) < 4.78 is 7.16. The van der Waals surface area contributed by atoms with E-state index >= 15 is 0 Å². The van der Waals surface area contributed by atoms with E-state index in [4.69, 9.17) is 10.5 Å². The molecule has 1 aliphatic heterocycles. The fourth-order valence-electron chi connectivity index (χ4n) is 3.02. The number of rotatable bonds is 5. The molecule has 0 aromatic heterocycles. The molecular formula is C18H20BrNO. The Hall–Kier alpha value is -1.32. The summed E-state index contributed by atoms with van der Waals surface area (Å²) >= 11 is 3.53. The Kier molecular flexibility index (Phi) is 4.61. The van der Waals surface area contributed by atoms with Crippen molar-refractivity contribution >= 4 is 15.9 Å². The van der Waals surface area contributed by atoms with Gasteiger partial charge in [0, 0.05) is 10.9 Å². The van der Waals surface area contributed by atoms with Gasteiger partial charge in [0.2, 0.25) is 0 Å². The van der Waals surface area contributed by atoms with Gasteiger partial charge in [-0.25, -0.2) is 0 Å². The van der Waals surface area contributed by atoms with Gasteiger partial charge in [-0.1, -0.05) is 46.3 Å². The first-order chi connectivity index (χ1) is 10.2. The molecule has 1 aliphatic rings. The highest BCUT2D eigenvalue weighted by Crippen LogP contribution is 2.31. The van der Waals surface area contributed by atoms with E-state index in [0.717, 1.165) is 29.5 Å². The Morgan fingerprint density at radius 3 is 2.81 bits per heavy atom. The topological polar surface area (TPSA) is 35.2 Å². The number of hydrogen-bond acceptors (Lipinski definition) is 2. The molecule has 2 aromatic rings. The van der Waals surface area contributed by atoms with E-state index < -0.39 is 0 Å². The first kappa shape index (κ1) is 14.6. The average molecular weight is 346 g/mol. The molecule has 2 N–H and O–H groups in total. The van der Waals surface area contributed by atoms with Crippen LogP contribution in [0.15, 0.2) is 53.0 Å². The lowest BCUT2D eigenvalue weighted by molar-refractivity contribution is 0.194. The predicted octanol–water partition coefficient (Wildman–Crippen LogP) is 3.96. The van der Waals surface area contributed by atoms with E-state index in [1.807, 2.05) is 6.07 Å². The summed E-state index contributed by atoms with van der Waals surface area (Å²) in [6.45, 7) is 0.697. The van der Waals surface area contributed by atoms with Crippen LogP contribution in [0.4, 0.5) is 0 Å². The summed E-state index contributed by atoms with van der Waals surface area (Å²) in [4.78, 5) is 0. The molecule has 2 aromatic carbocycles. The summed E-state index contributed by atoms with van der Waals surface area (Å²) in [5.74, 6) is 1.50. The molecule has 3 rings (SSSR count). The Morgan fingerprint density at radius 1 is 1.19 bits per heavy atom. The van der Waals surface area contributed by atoms with E-state index in [-0.39, 0.29) is 6.10 Å². The van der Waals surface area contributed by atoms with Crippen molar-refractivity contribution < 1.29 is 4.74 Å². The number of ether oxygens (including phenoxy) is 1. The van der Waals surface area contributed by atoms with E-state index in [0.29, 0.717) is 12.5 Å². The fourth-order valence-corrected chi connectivity index (χ4v) is 3.46. The van der Waals surface area contributed by atoms with Gasteiger partial charge >= 0.3 is 0 Å². The number of fused-ring (bicyclic) bond motifs is 1. The molecule has 3 heteroatoms. The zero-order chi connectivity index (χ0) is 14.7. The summed E-state index contributed by atoms with van der Waals surface area (Å²) in [5, 5.41) is 0. The molecule has 2 nitrogen and oxygen atoms in total. The van der Waals surface area contributed by atoms with E-state index in [1.165, 1.54) is 11.1 Å². The van der Waals surface area contributed by atoms with Gasteiger partial charge in [0.1, 0.15) is 11.9 Å². The second-order valence-corrected chi connectivity index (χ2v) is 6.64. The quantitative estimate of drug-likeness (QED) is 0.889. The molecule has 0 aliphatic carbocycles. The van der Waals surface area contributed by atoms with E-state index in [2.05, 4.69) is 58.4 Å². The molecule has 21 heavy (non-hydrogen) atoms. The van der Waals surface area contributed by atoms with Gasteiger partial charge < -0.3 is 10.5 Å². The molecular weight excluding hydrogens is 326 g/mol. The molecule has 2 unspecified atom stereocenters. The summed E-state index contributed by atoms with van der Waals surface area (Å²) in [5.41, 5.74) is 8.62. The monoisotopic (exact) mass is 345 g/mol. The van der Waals surface area contributed by atoms with E-state index in [9.17, 15) is 0 Å². The van der Waals surface area contributed by atoms with Crippen LogP contribution in [0.2, 0.25) is 0 Å². The summed E-state index contributed by atoms with van der Waals surface area (Å²) in [6.07, 6.45) is 3.29. The van der Waals surface area contributed by atoms with Crippen LogP contribution >= 0.6 is 15.9 Å². The summed E-state index contributed by atoms with van der Waals surface area (Å²) in [7, 11) is 0. The van der Waals surface area contributed by atoms with Crippen molar-refractivity contribution in [2.75, 3.05) is 6.54 Å². The highest BCUT2D eigenvalue weighted by molar-refractivity contribution is 9.10. The number of hydrogen-bond donors (Lipinski definition) is 1. The molecule has 110 valence electrons. The Balaban J connectivity index is 1.61. The first-order valence-electron chi connectivity index (χ1n) is 7.43. The highest BCUT2D eigenvalue weighted by atomic mass is 79.9. The number of para-hydroxylation sites is 1. The maximum absolute atomic E-state index is 6.04. The van der Waals surface area contributed by atoms with Crippen LogP contribution in [-0.4, -0.2) is 12.6 Å². The lowest BCUT2D eigenvalue weighted by atomic mass is 9.92. The van der Waals surface area contributed by atoms with Crippen LogP contribution in [0.1, 0.15) is 17.5 Å². The van der Waals surface area contributed by atoms with Crippen LogP contribution in [-0.2, 0) is 12.8 Å². The molecule has 0 bridgehead atoms. The van der Waals surface area contributed by atoms with Crippen molar-refractivity contribution in [3.8, 4) is 5.75 Å². The van der Waals surface area contributed by atoms with Gasteiger partial charge in [-0.05, 0) is 54.6 Å². The lowest BCUT2D eigenvalue weighted by Crippen LogP contribution is -2.25. The zero-order valence-corrected chi connectivity index (χ0v) is 13.6. The molecule has 0 saturated carbocycles. The van der Waals surface area contributed by atoms with E-state index in [1.54, 1.807) is 0 Å². The van der Waals surface area contributed by atoms with Gasteiger partial charge in [-0.15, -0.1) is 0 Å². The van der Waals surface area contributed by atoms with Gasteiger partial charge in [0.15, 0.2) is 0 Å². The molecule has 2 atom stereocenters. The zero-order valence-electron chi connectivity index (χ0n) is 12.0. The third kappa shape index (κ3) is 3.66. The third-order valence-electron chi connectivity index (χ3n) is 4.06. The standard InChI is InChI=1S/C18H20BrNO/c19-16-6-3-4-13(9-16)8-14(12-20)10-17-11-15-5-1-2-7-18(15)21-17/h1-7,9,14,17H,8,10-12,20H2. The van der Waals surface area contributed by atoms with Crippen LogP contribution in [0.25, 0.3) is 0 Å². The van der Waals surface area contributed by atoms with Crippen LogP contribution in [0, 0.1) is 5.92 Å². The van der Waals surface area contributed by atoms with Gasteiger partial charge in [0.25, 0.3) is 0 Å². The van der Waals surface area contributed by atoms with Crippen molar-refractivity contribution in [1.82, 2.24) is 0 Å². The van der Waals surface area contributed by atoms with Gasteiger partial charge in [0.05, 0.1) is 0 Å². The minimum Gasteiger partial charge on any atom is -0.490 e. The predicted molar refractivity (Wildman–Crippen MR) is 89.6 cm³/mol. The maximum atomic E-state index is 6.04. The third-order valence-corrected chi connectivity index (χ3v) is 4.55. The Morgan fingerprint density at radius 2 is 2.05 bits per heavy atom. The fraction of sp³-hybridized carbons (Fsp3) is 0.333. The molecule has 0 amide bonds. The van der Waals surface area contributed by atoms with Crippen LogP contribution in [0.3, 0.4) is 0 Å². The second-order valence-electron chi connectivity index (χ2n) is 5.72. The molecule has 1 heterocycles. The number of benzene rings is 2. The van der Waals surface area contributed by atoms with Gasteiger partial charge in [-0.2, -0.15) is 0 Å². The number of halogens is 1. The SMILES string of the molecule is NCC(Cc1cccc(Br)c1)CC1Cc2ccccc2O1. The van der Waals surface area contributed by atoms with Crippen molar-refractivity contribution in [1.29, 1.82) is 0 Å². The normalized spacial score (nSPS) is 18.1. The molecule has 0 spiro atoms. The molecule has 0 fully saturated rings. The van der Waals surface area contributed by atoms with Crippen molar-refractivity contribution in [3.05, 3.63) is 64.1 Å². The lowest BCUT2D eigenvalue weighted by Gasteiger charge is -2.19. The summed E-state index contributed by atoms with van der Waals surface area (Å²) in [6, 6.07) is 16.8. The second kappa shape index (κ2) is 6.63. The van der Waals surface area contributed by atoms with Crippen molar-refractivity contribution in [2.24, 2.45) is 11.7 Å². The number of nitrogens with two attached hydrogens (primary N) is 1. The average Bonchev–Trinajstić information content (AvgIpc) is 2.89. The Bertz CT molecular complexity index is 589. The minimum atomic E-state index is 0.267. The first-order valence-corrected chi connectivity index (χ1v) is 8.23. The largest absolute Gasteiger partial charge is 0.490 e. The van der Waals surface area contributed by atoms with Gasteiger partial charge in [-0.3, -0.25) is 0 Å². The van der Waals surface area contributed by atoms with Crippen molar-refractivity contribution in [2.45, 2.75) is 25.4 Å². The Labute approximate surface area is 134 Å². The van der Waals surface area contributed by atoms with Crippen LogP contribution in [0.5, 0.6) is 5.75 Å². The smallest absolute Gasteiger partial charge is 0.123 e. The van der Waals surface area contributed by atoms with Crippen LogP contribution < -0.4 is 10.5 Å². The van der Waals surface area contributed by atoms with Crippen molar-refractivity contribution in [3.63, 3.8) is 0 Å². The molecule has 0 saturated heterocycles. The highest BCUT2D eigenvalue weighted by Gasteiger charge is 2.25. The molecule has 0 radical (unpaired) electrons.